The summed E-state index contributed by atoms with van der Waals surface area (Å²) in [5.74, 6) is 0.479. The third-order valence-corrected chi connectivity index (χ3v) is 5.41. The lowest BCUT2D eigenvalue weighted by Gasteiger charge is -2.28. The fourth-order valence-corrected chi connectivity index (χ4v) is 4.02. The molecule has 130 valence electrons. The number of hydrogen-bond donors (Lipinski definition) is 3. The Labute approximate surface area is 151 Å². The molecule has 1 aromatic rings. The number of halogens is 1. The molecule has 3 N–H and O–H groups in total. The van der Waals surface area contributed by atoms with E-state index in [1.165, 1.54) is 12.8 Å². The van der Waals surface area contributed by atoms with Crippen LogP contribution < -0.4 is 16.0 Å². The molecule has 6 heteroatoms. The first-order chi connectivity index (χ1) is 11.6. The van der Waals surface area contributed by atoms with Gasteiger partial charge >= 0.3 is 0 Å². The molecular formula is C18H24BrN3O2. The third-order valence-electron chi connectivity index (χ3n) is 4.88. The maximum absolute atomic E-state index is 12.0. The van der Waals surface area contributed by atoms with Crippen molar-refractivity contribution in [1.82, 2.24) is 16.0 Å². The zero-order valence-electron chi connectivity index (χ0n) is 13.7. The van der Waals surface area contributed by atoms with Gasteiger partial charge in [-0.05, 0) is 55.9 Å². The first kappa shape index (κ1) is 17.4. The molecule has 5 nitrogen and oxygen atoms in total. The fourth-order valence-electron chi connectivity index (χ4n) is 3.76. The normalized spacial score (nSPS) is 25.3. The Morgan fingerprint density at radius 1 is 1.04 bits per heavy atom. The Morgan fingerprint density at radius 3 is 2.33 bits per heavy atom. The van der Waals surface area contributed by atoms with Gasteiger partial charge in [0.05, 0.1) is 0 Å². The van der Waals surface area contributed by atoms with Gasteiger partial charge in [-0.1, -0.05) is 15.9 Å². The monoisotopic (exact) mass is 393 g/mol. The summed E-state index contributed by atoms with van der Waals surface area (Å²) in [6.07, 6.45) is 5.35. The van der Waals surface area contributed by atoms with Crippen molar-refractivity contribution < 1.29 is 9.59 Å². The summed E-state index contributed by atoms with van der Waals surface area (Å²) in [6, 6.07) is 8.44. The molecule has 0 radical (unpaired) electrons. The highest BCUT2D eigenvalue weighted by Crippen LogP contribution is 2.32. The van der Waals surface area contributed by atoms with E-state index in [-0.39, 0.29) is 11.8 Å². The Bertz CT molecular complexity index is 578. The summed E-state index contributed by atoms with van der Waals surface area (Å²) < 4.78 is 0.942. The summed E-state index contributed by atoms with van der Waals surface area (Å²) in [5, 5.41) is 9.33. The quantitative estimate of drug-likeness (QED) is 0.648. The minimum atomic E-state index is -0.119. The van der Waals surface area contributed by atoms with Crippen LogP contribution in [0.25, 0.3) is 0 Å². The number of carbonyl (C=O) groups is 2. The van der Waals surface area contributed by atoms with E-state index in [9.17, 15) is 9.59 Å². The molecule has 2 heterocycles. The predicted octanol–water partition coefficient (Wildman–Crippen LogP) is 2.22. The van der Waals surface area contributed by atoms with Crippen molar-refractivity contribution in [3.63, 3.8) is 0 Å². The van der Waals surface area contributed by atoms with Crippen LogP contribution in [-0.2, 0) is 4.79 Å². The molecule has 2 fully saturated rings. The highest BCUT2D eigenvalue weighted by molar-refractivity contribution is 9.10. The van der Waals surface area contributed by atoms with Gasteiger partial charge < -0.3 is 16.0 Å². The van der Waals surface area contributed by atoms with Crippen molar-refractivity contribution in [1.29, 1.82) is 0 Å². The van der Waals surface area contributed by atoms with Gasteiger partial charge in [-0.15, -0.1) is 0 Å². The molecule has 2 unspecified atom stereocenters. The zero-order valence-corrected chi connectivity index (χ0v) is 15.3. The van der Waals surface area contributed by atoms with Crippen LogP contribution >= 0.6 is 15.9 Å². The number of hydrogen-bond acceptors (Lipinski definition) is 3. The molecule has 2 saturated heterocycles. The standard InChI is InChI=1S/C18H24BrN3O2/c19-14-3-1-13(2-4-14)18(24)21-8-7-20-17(23)11-12-9-15-5-6-16(10-12)22-15/h1-4,12,15-16,22H,5-11H2,(H,20,23)(H,21,24). The molecule has 24 heavy (non-hydrogen) atoms. The number of rotatable bonds is 6. The van der Waals surface area contributed by atoms with Gasteiger partial charge in [0.2, 0.25) is 5.91 Å². The molecule has 0 aromatic heterocycles. The van der Waals surface area contributed by atoms with Crippen LogP contribution in [-0.4, -0.2) is 37.0 Å². The van der Waals surface area contributed by atoms with Gasteiger partial charge in [0.1, 0.15) is 0 Å². The number of carbonyl (C=O) groups excluding carboxylic acids is 2. The molecule has 2 bridgehead atoms. The molecular weight excluding hydrogens is 370 g/mol. The Hall–Kier alpha value is -1.40. The molecule has 0 spiro atoms. The summed E-state index contributed by atoms with van der Waals surface area (Å²) in [5.41, 5.74) is 0.620. The van der Waals surface area contributed by atoms with Crippen molar-refractivity contribution in [3.05, 3.63) is 34.3 Å². The maximum Gasteiger partial charge on any atom is 0.251 e. The van der Waals surface area contributed by atoms with Crippen molar-refractivity contribution in [2.24, 2.45) is 5.92 Å². The minimum absolute atomic E-state index is 0.0965. The van der Waals surface area contributed by atoms with E-state index in [1.807, 2.05) is 12.1 Å². The minimum Gasteiger partial charge on any atom is -0.354 e. The fraction of sp³-hybridized carbons (Fsp3) is 0.556. The average molecular weight is 394 g/mol. The number of nitrogens with one attached hydrogen (secondary N) is 3. The van der Waals surface area contributed by atoms with Crippen LogP contribution in [0.5, 0.6) is 0 Å². The molecule has 2 atom stereocenters. The van der Waals surface area contributed by atoms with Gasteiger partial charge in [-0.25, -0.2) is 0 Å². The highest BCUT2D eigenvalue weighted by Gasteiger charge is 2.34. The van der Waals surface area contributed by atoms with Crippen LogP contribution in [0.4, 0.5) is 0 Å². The van der Waals surface area contributed by atoms with E-state index < -0.39 is 0 Å². The number of amides is 2. The molecule has 1 aromatic carbocycles. The van der Waals surface area contributed by atoms with E-state index in [0.717, 1.165) is 17.3 Å². The largest absolute Gasteiger partial charge is 0.354 e. The van der Waals surface area contributed by atoms with Crippen molar-refractivity contribution in [2.75, 3.05) is 13.1 Å². The number of piperidine rings is 1. The van der Waals surface area contributed by atoms with Crippen LogP contribution in [0.2, 0.25) is 0 Å². The third kappa shape index (κ3) is 4.80. The second kappa shape index (κ2) is 8.12. The van der Waals surface area contributed by atoms with Gasteiger partial charge in [0.25, 0.3) is 5.91 Å². The van der Waals surface area contributed by atoms with Crippen molar-refractivity contribution in [3.8, 4) is 0 Å². The molecule has 2 aliphatic heterocycles. The molecule has 2 amide bonds. The van der Waals surface area contributed by atoms with E-state index in [4.69, 9.17) is 0 Å². The van der Waals surface area contributed by atoms with E-state index >= 15 is 0 Å². The smallest absolute Gasteiger partial charge is 0.251 e. The van der Waals surface area contributed by atoms with Crippen LogP contribution in [0.15, 0.2) is 28.7 Å². The van der Waals surface area contributed by atoms with Gasteiger partial charge in [0, 0.05) is 41.6 Å². The average Bonchev–Trinajstić information content (AvgIpc) is 2.90. The zero-order chi connectivity index (χ0) is 16.9. The summed E-state index contributed by atoms with van der Waals surface area (Å²) in [4.78, 5) is 24.0. The van der Waals surface area contributed by atoms with Gasteiger partial charge in [0.15, 0.2) is 0 Å². The Morgan fingerprint density at radius 2 is 1.67 bits per heavy atom. The lowest BCUT2D eigenvalue weighted by atomic mass is 9.89. The summed E-state index contributed by atoms with van der Waals surface area (Å²) >= 11 is 3.34. The van der Waals surface area contributed by atoms with Gasteiger partial charge in [-0.3, -0.25) is 9.59 Å². The lowest BCUT2D eigenvalue weighted by molar-refractivity contribution is -0.122. The predicted molar refractivity (Wildman–Crippen MR) is 96.8 cm³/mol. The second-order valence-corrected chi connectivity index (χ2v) is 7.71. The Balaban J connectivity index is 1.32. The molecule has 2 aliphatic rings. The van der Waals surface area contributed by atoms with Crippen LogP contribution in [0.3, 0.4) is 0 Å². The molecule has 3 rings (SSSR count). The Kier molecular flexibility index (Phi) is 5.89. The SMILES string of the molecule is O=C(CC1CC2CCC(C1)N2)NCCNC(=O)c1ccc(Br)cc1. The topological polar surface area (TPSA) is 70.2 Å². The number of benzene rings is 1. The van der Waals surface area contributed by atoms with E-state index in [2.05, 4.69) is 31.9 Å². The van der Waals surface area contributed by atoms with Crippen molar-refractivity contribution >= 4 is 27.7 Å². The summed E-state index contributed by atoms with van der Waals surface area (Å²) in [6.45, 7) is 0.914. The van der Waals surface area contributed by atoms with Gasteiger partial charge in [-0.2, -0.15) is 0 Å². The molecule has 0 aliphatic carbocycles. The summed E-state index contributed by atoms with van der Waals surface area (Å²) in [7, 11) is 0. The van der Waals surface area contributed by atoms with E-state index in [1.54, 1.807) is 12.1 Å². The highest BCUT2D eigenvalue weighted by atomic mass is 79.9. The first-order valence-electron chi connectivity index (χ1n) is 8.66. The van der Waals surface area contributed by atoms with E-state index in [0.29, 0.717) is 43.1 Å². The lowest BCUT2D eigenvalue weighted by Crippen LogP contribution is -2.40. The van der Waals surface area contributed by atoms with Crippen molar-refractivity contribution in [2.45, 2.75) is 44.2 Å². The number of fused-ring (bicyclic) bond motifs is 2. The molecule has 0 saturated carbocycles. The second-order valence-electron chi connectivity index (χ2n) is 6.79. The maximum atomic E-state index is 12.0. The van der Waals surface area contributed by atoms with Crippen LogP contribution in [0, 0.1) is 5.92 Å². The van der Waals surface area contributed by atoms with Crippen LogP contribution in [0.1, 0.15) is 42.5 Å². The first-order valence-corrected chi connectivity index (χ1v) is 9.46.